The highest BCUT2D eigenvalue weighted by Crippen LogP contribution is 2.35. The van der Waals surface area contributed by atoms with Crippen molar-refractivity contribution >= 4 is 19.7 Å². The van der Waals surface area contributed by atoms with Crippen LogP contribution in [0.4, 0.5) is 8.78 Å². The number of ether oxygens (including phenoxy) is 2. The lowest BCUT2D eigenvalue weighted by molar-refractivity contribution is 0.165. The fourth-order valence-corrected chi connectivity index (χ4v) is 10.2. The molecule has 72 heavy (non-hydrogen) atoms. The van der Waals surface area contributed by atoms with E-state index in [0.717, 1.165) is 47.3 Å². The Hall–Kier alpha value is -7.54. The van der Waals surface area contributed by atoms with Crippen LogP contribution < -0.4 is 9.47 Å². The first-order valence-electron chi connectivity index (χ1n) is 22.0. The molecule has 0 aliphatic carbocycles. The van der Waals surface area contributed by atoms with Gasteiger partial charge in [-0.1, -0.05) is 36.4 Å². The molecule has 6 heterocycles. The lowest BCUT2D eigenvalue weighted by atomic mass is 10.1. The Bertz CT molecular complexity index is 3210. The quantitative estimate of drug-likeness (QED) is 0.115. The SMILES string of the molecule is COc1cccc(C)c1-n1c(CS(=O)(=O)[C@@H](C)[C@@H](O)c2ncc(F)cn2)nnc1-c1cccc(C)n1.COc1cccc(C)c1-n1c(CS(=O)(=O)[C@H](C)[C@H](O)c2ncc(F)cn2)nnc1-c1cccc(C)n1. The second-order valence-electron chi connectivity index (χ2n) is 16.6. The van der Waals surface area contributed by atoms with Gasteiger partial charge in [0.25, 0.3) is 0 Å². The summed E-state index contributed by atoms with van der Waals surface area (Å²) in [6.45, 7) is 10.1. The van der Waals surface area contributed by atoms with Crippen LogP contribution in [0.1, 0.15) is 71.9 Å². The Morgan fingerprint density at radius 2 is 0.889 bits per heavy atom. The molecule has 0 aliphatic rings. The van der Waals surface area contributed by atoms with Gasteiger partial charge in [0, 0.05) is 11.4 Å². The molecular weight excluding hydrogens is 975 g/mol. The molecule has 20 nitrogen and oxygen atoms in total. The second kappa shape index (κ2) is 21.8. The molecule has 0 fully saturated rings. The molecule has 0 spiro atoms. The lowest BCUT2D eigenvalue weighted by Gasteiger charge is -2.19. The van der Waals surface area contributed by atoms with Crippen molar-refractivity contribution in [2.75, 3.05) is 14.2 Å². The molecule has 24 heteroatoms. The van der Waals surface area contributed by atoms with Gasteiger partial charge in [-0.3, -0.25) is 9.13 Å². The lowest BCUT2D eigenvalue weighted by Crippen LogP contribution is -2.29. The number of hydrogen-bond donors (Lipinski definition) is 2. The van der Waals surface area contributed by atoms with E-state index in [1.54, 1.807) is 33.4 Å². The largest absolute Gasteiger partial charge is 0.495 e. The van der Waals surface area contributed by atoms with Crippen molar-refractivity contribution in [1.82, 2.24) is 59.4 Å². The number of halogens is 2. The molecule has 2 aromatic carbocycles. The van der Waals surface area contributed by atoms with Crippen molar-refractivity contribution in [2.45, 2.75) is 75.8 Å². The maximum Gasteiger partial charge on any atom is 0.187 e. The van der Waals surface area contributed by atoms with Gasteiger partial charge in [0.05, 0.1) is 60.9 Å². The number of aliphatic hydroxyl groups is 2. The first-order chi connectivity index (χ1) is 34.2. The van der Waals surface area contributed by atoms with Crippen LogP contribution >= 0.6 is 0 Å². The van der Waals surface area contributed by atoms with Crippen LogP contribution in [0.2, 0.25) is 0 Å². The summed E-state index contributed by atoms with van der Waals surface area (Å²) in [5, 5.41) is 35.6. The molecule has 8 rings (SSSR count). The molecule has 0 saturated heterocycles. The topological polar surface area (TPSA) is 266 Å². The molecule has 0 amide bonds. The van der Waals surface area contributed by atoms with Crippen LogP contribution in [-0.4, -0.2) is 111 Å². The van der Waals surface area contributed by atoms with Crippen molar-refractivity contribution in [1.29, 1.82) is 0 Å². The van der Waals surface area contributed by atoms with Gasteiger partial charge in [-0.05, 0) is 89.1 Å². The number of aliphatic hydroxyl groups excluding tert-OH is 2. The molecule has 0 radical (unpaired) electrons. The summed E-state index contributed by atoms with van der Waals surface area (Å²) < 4.78 is 94.3. The van der Waals surface area contributed by atoms with Gasteiger partial charge in [0.2, 0.25) is 0 Å². The van der Waals surface area contributed by atoms with Gasteiger partial charge >= 0.3 is 0 Å². The summed E-state index contributed by atoms with van der Waals surface area (Å²) in [4.78, 5) is 23.9. The van der Waals surface area contributed by atoms with Crippen LogP contribution in [0, 0.1) is 39.3 Å². The second-order valence-corrected chi connectivity index (χ2v) is 21.3. The number of aryl methyl sites for hydroxylation is 4. The van der Waals surface area contributed by atoms with Gasteiger partial charge in [-0.15, -0.1) is 20.4 Å². The predicted octanol–water partition coefficient (Wildman–Crippen LogP) is 5.84. The minimum Gasteiger partial charge on any atom is -0.495 e. The average Bonchev–Trinajstić information content (AvgIpc) is 3.96. The van der Waals surface area contributed by atoms with Crippen LogP contribution in [0.15, 0.2) is 97.6 Å². The number of rotatable bonds is 16. The summed E-state index contributed by atoms with van der Waals surface area (Å²) in [5.74, 6) is -0.995. The molecular formula is C48H50F2N12O8S2. The zero-order valence-electron chi connectivity index (χ0n) is 40.2. The molecule has 0 aliphatic heterocycles. The highest BCUT2D eigenvalue weighted by Gasteiger charge is 2.36. The van der Waals surface area contributed by atoms with Crippen molar-refractivity contribution in [3.05, 3.63) is 155 Å². The van der Waals surface area contributed by atoms with Gasteiger partial charge in [0.15, 0.2) is 66.3 Å². The minimum absolute atomic E-state index is 0.111. The van der Waals surface area contributed by atoms with E-state index in [1.807, 2.05) is 76.2 Å². The van der Waals surface area contributed by atoms with E-state index in [4.69, 9.17) is 9.47 Å². The average molecular weight is 1030 g/mol. The Morgan fingerprint density at radius 1 is 0.542 bits per heavy atom. The summed E-state index contributed by atoms with van der Waals surface area (Å²) in [7, 11) is -5.00. The standard InChI is InChI=1S/2C24H25FN6O4S/c2*1-14-7-5-10-19(35-4)21(14)31-20(29-30-24(31)18-9-6-8-15(2)28-18)13-36(33,34)16(3)22(32)23-26-11-17(25)12-27-23/h2*5-12,16,22,32H,13H2,1-4H3/t2*16-,22+/m10/s1. The molecule has 4 atom stereocenters. The summed E-state index contributed by atoms with van der Waals surface area (Å²) >= 11 is 0. The Kier molecular flexibility index (Phi) is 15.9. The van der Waals surface area contributed by atoms with Crippen molar-refractivity contribution < 1.29 is 45.3 Å². The fraction of sp³-hybridized carbons (Fsp3) is 0.292. The summed E-state index contributed by atoms with van der Waals surface area (Å²) in [5.41, 5.74) is 5.26. The Balaban J connectivity index is 0.000000211. The third kappa shape index (κ3) is 11.3. The van der Waals surface area contributed by atoms with E-state index in [1.165, 1.54) is 28.1 Å². The zero-order chi connectivity index (χ0) is 52.1. The number of hydrogen-bond acceptors (Lipinski definition) is 18. The van der Waals surface area contributed by atoms with Gasteiger partial charge in [0.1, 0.15) is 46.6 Å². The molecule has 8 aromatic rings. The van der Waals surface area contributed by atoms with E-state index < -0.39 is 65.5 Å². The number of para-hydroxylation sites is 2. The van der Waals surface area contributed by atoms with Crippen molar-refractivity contribution in [3.8, 4) is 45.9 Å². The highest BCUT2D eigenvalue weighted by atomic mass is 32.2. The highest BCUT2D eigenvalue weighted by molar-refractivity contribution is 7.91. The summed E-state index contributed by atoms with van der Waals surface area (Å²) in [6.07, 6.45) is 0.330. The molecule has 0 saturated carbocycles. The first kappa shape index (κ1) is 52.3. The zero-order valence-corrected chi connectivity index (χ0v) is 41.9. The maximum atomic E-state index is 13.4. The Labute approximate surface area is 413 Å². The number of aromatic nitrogens is 12. The van der Waals surface area contributed by atoms with E-state index in [2.05, 4.69) is 50.3 Å². The van der Waals surface area contributed by atoms with E-state index in [0.29, 0.717) is 45.9 Å². The van der Waals surface area contributed by atoms with Gasteiger partial charge in [-0.25, -0.2) is 55.5 Å². The van der Waals surface area contributed by atoms with Crippen LogP contribution in [0.25, 0.3) is 34.4 Å². The van der Waals surface area contributed by atoms with Gasteiger partial charge in [-0.2, -0.15) is 0 Å². The third-order valence-corrected chi connectivity index (χ3v) is 15.6. The fourth-order valence-electron chi connectivity index (χ4n) is 7.51. The third-order valence-electron chi connectivity index (χ3n) is 11.5. The van der Waals surface area contributed by atoms with Gasteiger partial charge < -0.3 is 19.7 Å². The molecule has 0 bridgehead atoms. The maximum absolute atomic E-state index is 13.4. The minimum atomic E-state index is -4.02. The summed E-state index contributed by atoms with van der Waals surface area (Å²) in [6, 6.07) is 21.7. The van der Waals surface area contributed by atoms with Crippen LogP contribution in [0.5, 0.6) is 11.5 Å². The predicted molar refractivity (Wildman–Crippen MR) is 259 cm³/mol. The normalized spacial score (nSPS) is 13.4. The van der Waals surface area contributed by atoms with E-state index >= 15 is 0 Å². The number of nitrogens with zero attached hydrogens (tertiary/aromatic N) is 12. The van der Waals surface area contributed by atoms with Crippen LogP contribution in [-0.2, 0) is 31.2 Å². The first-order valence-corrected chi connectivity index (χ1v) is 25.5. The number of benzene rings is 2. The number of pyridine rings is 2. The van der Waals surface area contributed by atoms with Crippen molar-refractivity contribution in [2.24, 2.45) is 0 Å². The smallest absolute Gasteiger partial charge is 0.187 e. The van der Waals surface area contributed by atoms with Crippen LogP contribution in [0.3, 0.4) is 0 Å². The molecule has 2 N–H and O–H groups in total. The monoisotopic (exact) mass is 1020 g/mol. The molecule has 376 valence electrons. The molecule has 6 aromatic heterocycles. The Morgan fingerprint density at radius 3 is 1.22 bits per heavy atom. The number of sulfone groups is 2. The van der Waals surface area contributed by atoms with E-state index in [-0.39, 0.29) is 23.3 Å². The molecule has 0 unspecified atom stereocenters. The van der Waals surface area contributed by atoms with Crippen molar-refractivity contribution in [3.63, 3.8) is 0 Å². The van der Waals surface area contributed by atoms with E-state index in [9.17, 15) is 35.8 Å². The number of methoxy groups -OCH3 is 2.